The third-order valence-electron chi connectivity index (χ3n) is 5.99. The van der Waals surface area contributed by atoms with Gasteiger partial charge in [0.1, 0.15) is 10.6 Å². The van der Waals surface area contributed by atoms with Crippen molar-refractivity contribution < 1.29 is 51.3 Å². The summed E-state index contributed by atoms with van der Waals surface area (Å²) in [7, 11) is -4.78. The quantitative estimate of drug-likeness (QED) is 0.276. The molecular weight excluding hydrogens is 572 g/mol. The monoisotopic (exact) mass is 606 g/mol. The molecule has 1 aliphatic rings. The zero-order valence-corrected chi connectivity index (χ0v) is 24.6. The van der Waals surface area contributed by atoms with E-state index in [0.717, 1.165) is 18.9 Å². The molecule has 14 heteroatoms. The van der Waals surface area contributed by atoms with Crippen LogP contribution in [0.2, 0.25) is 0 Å². The van der Waals surface area contributed by atoms with Gasteiger partial charge >= 0.3 is 24.0 Å². The highest BCUT2D eigenvalue weighted by Gasteiger charge is 2.32. The number of ether oxygens (including phenoxy) is 5. The fourth-order valence-electron chi connectivity index (χ4n) is 4.00. The lowest BCUT2D eigenvalue weighted by Crippen LogP contribution is -2.36. The SMILES string of the molecule is CCOC(=O)C(C)OC(=O)NS(=O)(=O)c1cc(C(=O)OC(C)C(=O)OCC)cc(N2CCCC2)c1Oc1ccccc1. The Bertz CT molecular complexity index is 1390. The summed E-state index contributed by atoms with van der Waals surface area (Å²) in [4.78, 5) is 50.9. The van der Waals surface area contributed by atoms with Crippen LogP contribution in [0.4, 0.5) is 10.5 Å². The maximum absolute atomic E-state index is 13.6. The second-order valence-corrected chi connectivity index (χ2v) is 10.8. The Morgan fingerprint density at radius 3 is 2.02 bits per heavy atom. The van der Waals surface area contributed by atoms with Crippen molar-refractivity contribution in [3.8, 4) is 11.5 Å². The van der Waals surface area contributed by atoms with Crippen molar-refractivity contribution in [2.45, 2.75) is 57.6 Å². The molecule has 1 fully saturated rings. The Morgan fingerprint density at radius 1 is 0.881 bits per heavy atom. The first-order valence-corrected chi connectivity index (χ1v) is 14.9. The number of esters is 3. The first-order chi connectivity index (χ1) is 20.0. The van der Waals surface area contributed by atoms with Crippen molar-refractivity contribution in [1.29, 1.82) is 0 Å². The Balaban J connectivity index is 2.08. The number of amides is 1. The lowest BCUT2D eigenvalue weighted by atomic mass is 10.1. The van der Waals surface area contributed by atoms with Gasteiger partial charge in [-0.05, 0) is 64.8 Å². The molecule has 1 amide bonds. The molecule has 3 rings (SSSR count). The number of carbonyl (C=O) groups excluding carboxylic acids is 4. The molecule has 0 aromatic heterocycles. The molecule has 2 aromatic carbocycles. The van der Waals surface area contributed by atoms with Crippen LogP contribution in [0.15, 0.2) is 47.4 Å². The number of hydrogen-bond donors (Lipinski definition) is 1. The first-order valence-electron chi connectivity index (χ1n) is 13.4. The molecule has 2 aromatic rings. The van der Waals surface area contributed by atoms with Gasteiger partial charge in [-0.3, -0.25) is 0 Å². The van der Waals surface area contributed by atoms with Crippen LogP contribution in [-0.2, 0) is 38.6 Å². The number of nitrogens with zero attached hydrogens (tertiary/aromatic N) is 1. The van der Waals surface area contributed by atoms with E-state index >= 15 is 0 Å². The average molecular weight is 607 g/mol. The van der Waals surface area contributed by atoms with Gasteiger partial charge in [0.05, 0.1) is 24.5 Å². The molecule has 1 aliphatic heterocycles. The van der Waals surface area contributed by atoms with Crippen molar-refractivity contribution >= 4 is 39.7 Å². The van der Waals surface area contributed by atoms with Gasteiger partial charge in [-0.25, -0.2) is 32.3 Å². The summed E-state index contributed by atoms with van der Waals surface area (Å²) in [5, 5.41) is 0. The highest BCUT2D eigenvalue weighted by Crippen LogP contribution is 2.41. The minimum atomic E-state index is -4.78. The van der Waals surface area contributed by atoms with E-state index in [9.17, 15) is 27.6 Å². The summed E-state index contributed by atoms with van der Waals surface area (Å²) < 4.78 is 54.9. The van der Waals surface area contributed by atoms with E-state index in [2.05, 4.69) is 0 Å². The lowest BCUT2D eigenvalue weighted by Gasteiger charge is -2.24. The van der Waals surface area contributed by atoms with Crippen LogP contribution in [-0.4, -0.2) is 70.9 Å². The zero-order chi connectivity index (χ0) is 30.9. The third-order valence-corrected chi connectivity index (χ3v) is 7.31. The Hall–Kier alpha value is -4.33. The van der Waals surface area contributed by atoms with Gasteiger partial charge in [0.25, 0.3) is 10.0 Å². The topological polar surface area (TPSA) is 164 Å². The summed E-state index contributed by atoms with van der Waals surface area (Å²) in [6.45, 7) is 6.89. The van der Waals surface area contributed by atoms with Gasteiger partial charge in [-0.2, -0.15) is 0 Å². The molecule has 228 valence electrons. The number of sulfonamides is 1. The van der Waals surface area contributed by atoms with E-state index in [1.165, 1.54) is 19.9 Å². The second kappa shape index (κ2) is 14.5. The van der Waals surface area contributed by atoms with E-state index in [0.29, 0.717) is 18.8 Å². The first kappa shape index (κ1) is 32.2. The highest BCUT2D eigenvalue weighted by atomic mass is 32.2. The Kier molecular flexibility index (Phi) is 11.1. The van der Waals surface area contributed by atoms with Crippen molar-refractivity contribution in [2.75, 3.05) is 31.2 Å². The molecule has 1 N–H and O–H groups in total. The van der Waals surface area contributed by atoms with Crippen LogP contribution in [0.1, 0.15) is 50.9 Å². The standard InChI is InChI=1S/C28H34N2O11S/c1-5-37-25(31)18(3)39-27(33)20-16-22(30-14-10-11-15-30)24(41-21-12-8-7-9-13-21)23(17-20)42(35,36)29-28(34)40-19(4)26(32)38-6-2/h7-9,12-13,16-19H,5-6,10-11,14-15H2,1-4H3,(H,29,34). The molecule has 2 unspecified atom stereocenters. The van der Waals surface area contributed by atoms with Gasteiger partial charge in [-0.1, -0.05) is 18.2 Å². The fourth-order valence-corrected chi connectivity index (χ4v) is 5.05. The van der Waals surface area contributed by atoms with Crippen molar-refractivity contribution in [3.63, 3.8) is 0 Å². The highest BCUT2D eigenvalue weighted by molar-refractivity contribution is 7.90. The predicted molar refractivity (Wildman–Crippen MR) is 149 cm³/mol. The molecule has 2 atom stereocenters. The summed E-state index contributed by atoms with van der Waals surface area (Å²) in [6, 6.07) is 10.7. The van der Waals surface area contributed by atoms with E-state index in [1.54, 1.807) is 48.9 Å². The van der Waals surface area contributed by atoms with Crippen LogP contribution < -0.4 is 14.4 Å². The minimum Gasteiger partial charge on any atom is -0.463 e. The molecule has 1 heterocycles. The second-order valence-electron chi connectivity index (χ2n) is 9.14. The summed E-state index contributed by atoms with van der Waals surface area (Å²) in [6.07, 6.45) is -2.51. The van der Waals surface area contributed by atoms with E-state index in [-0.39, 0.29) is 30.2 Å². The van der Waals surface area contributed by atoms with Gasteiger partial charge in [0, 0.05) is 13.1 Å². The zero-order valence-electron chi connectivity index (χ0n) is 23.8. The third kappa shape index (κ3) is 8.35. The van der Waals surface area contributed by atoms with Crippen LogP contribution in [0.25, 0.3) is 0 Å². The summed E-state index contributed by atoms with van der Waals surface area (Å²) in [5.41, 5.74) is 0.0327. The molecule has 0 aliphatic carbocycles. The average Bonchev–Trinajstić information content (AvgIpc) is 3.48. The molecule has 0 radical (unpaired) electrons. The van der Waals surface area contributed by atoms with E-state index in [4.69, 9.17) is 23.7 Å². The number of hydrogen-bond acceptors (Lipinski definition) is 12. The smallest absolute Gasteiger partial charge is 0.422 e. The van der Waals surface area contributed by atoms with Gasteiger partial charge in [0.15, 0.2) is 18.0 Å². The van der Waals surface area contributed by atoms with Gasteiger partial charge in [-0.15, -0.1) is 0 Å². The summed E-state index contributed by atoms with van der Waals surface area (Å²) >= 11 is 0. The van der Waals surface area contributed by atoms with E-state index in [1.807, 2.05) is 4.90 Å². The normalized spacial score (nSPS) is 14.3. The van der Waals surface area contributed by atoms with Gasteiger partial charge < -0.3 is 28.6 Å². The molecule has 0 bridgehead atoms. The molecule has 0 saturated carbocycles. The molecule has 13 nitrogen and oxygen atoms in total. The lowest BCUT2D eigenvalue weighted by molar-refractivity contribution is -0.152. The maximum Gasteiger partial charge on any atom is 0.422 e. The summed E-state index contributed by atoms with van der Waals surface area (Å²) in [5.74, 6) is -2.51. The molecule has 1 saturated heterocycles. The van der Waals surface area contributed by atoms with E-state index < -0.39 is 51.1 Å². The number of carbonyl (C=O) groups is 4. The number of anilines is 1. The minimum absolute atomic E-state index is 0.0313. The van der Waals surface area contributed by atoms with Crippen LogP contribution in [0.5, 0.6) is 11.5 Å². The van der Waals surface area contributed by atoms with Crippen molar-refractivity contribution in [3.05, 3.63) is 48.0 Å². The largest absolute Gasteiger partial charge is 0.463 e. The molecule has 42 heavy (non-hydrogen) atoms. The Labute approximate surface area is 244 Å². The van der Waals surface area contributed by atoms with Crippen LogP contribution in [0.3, 0.4) is 0 Å². The van der Waals surface area contributed by atoms with Crippen LogP contribution >= 0.6 is 0 Å². The van der Waals surface area contributed by atoms with Crippen LogP contribution in [0, 0.1) is 0 Å². The van der Waals surface area contributed by atoms with Crippen molar-refractivity contribution in [2.24, 2.45) is 0 Å². The fraction of sp³-hybridized carbons (Fsp3) is 0.429. The van der Waals surface area contributed by atoms with Gasteiger partial charge in [0.2, 0.25) is 0 Å². The Morgan fingerprint density at radius 2 is 1.45 bits per heavy atom. The number of para-hydroxylation sites is 1. The number of benzene rings is 2. The molecular formula is C28H34N2O11S. The van der Waals surface area contributed by atoms with Crippen molar-refractivity contribution in [1.82, 2.24) is 4.72 Å². The maximum atomic E-state index is 13.6. The predicted octanol–water partition coefficient (Wildman–Crippen LogP) is 3.55. The molecule has 0 spiro atoms. The number of rotatable bonds is 12. The number of nitrogens with one attached hydrogen (secondary N) is 1.